The first-order valence-electron chi connectivity index (χ1n) is 5.48. The van der Waals surface area contributed by atoms with E-state index < -0.39 is 15.6 Å². The highest BCUT2D eigenvalue weighted by atomic mass is 32.2. The second-order valence-electron chi connectivity index (χ2n) is 4.61. The molecule has 1 fully saturated rings. The van der Waals surface area contributed by atoms with Gasteiger partial charge in [0.05, 0.1) is 11.3 Å². The van der Waals surface area contributed by atoms with E-state index in [0.29, 0.717) is 24.1 Å². The summed E-state index contributed by atoms with van der Waals surface area (Å²) in [7, 11) is -3.53. The SMILES string of the molecule is NC1(C(=O)Nc2ccc(CS(N)(=O)=O)cc2)CC1. The maximum Gasteiger partial charge on any atom is 0.244 e. The normalized spacial score (nSPS) is 17.2. The zero-order chi connectivity index (χ0) is 13.4. The van der Waals surface area contributed by atoms with Crippen LogP contribution in [0.15, 0.2) is 24.3 Å². The Hall–Kier alpha value is -1.44. The van der Waals surface area contributed by atoms with Gasteiger partial charge in [0.1, 0.15) is 0 Å². The zero-order valence-corrected chi connectivity index (χ0v) is 10.5. The number of benzene rings is 1. The number of nitrogens with one attached hydrogen (secondary N) is 1. The Kier molecular flexibility index (Phi) is 3.14. The molecule has 1 amide bonds. The number of hydrogen-bond donors (Lipinski definition) is 3. The lowest BCUT2D eigenvalue weighted by atomic mass is 10.2. The van der Waals surface area contributed by atoms with Gasteiger partial charge in [0.25, 0.3) is 0 Å². The van der Waals surface area contributed by atoms with Gasteiger partial charge in [-0.2, -0.15) is 0 Å². The largest absolute Gasteiger partial charge is 0.324 e. The average Bonchev–Trinajstić information content (AvgIpc) is 2.99. The molecule has 1 aliphatic rings. The zero-order valence-electron chi connectivity index (χ0n) is 9.72. The molecule has 0 atom stereocenters. The third-order valence-corrected chi connectivity index (χ3v) is 3.56. The Bertz CT molecular complexity index is 562. The van der Waals surface area contributed by atoms with Gasteiger partial charge in [0.2, 0.25) is 15.9 Å². The fourth-order valence-corrected chi connectivity index (χ4v) is 2.19. The topological polar surface area (TPSA) is 115 Å². The van der Waals surface area contributed by atoms with Gasteiger partial charge >= 0.3 is 0 Å². The lowest BCUT2D eigenvalue weighted by Crippen LogP contribution is -2.37. The first-order valence-corrected chi connectivity index (χ1v) is 7.20. The predicted molar refractivity (Wildman–Crippen MR) is 68.0 cm³/mol. The number of carbonyl (C=O) groups is 1. The lowest BCUT2D eigenvalue weighted by Gasteiger charge is -2.10. The summed E-state index contributed by atoms with van der Waals surface area (Å²) in [5, 5.41) is 7.63. The standard InChI is InChI=1S/C11H15N3O3S/c12-11(5-6-11)10(15)14-9-3-1-8(2-4-9)7-18(13,16)17/h1-4H,5-7,12H2,(H,14,15)(H2,13,16,17). The Morgan fingerprint density at radius 1 is 1.28 bits per heavy atom. The molecule has 0 bridgehead atoms. The monoisotopic (exact) mass is 269 g/mol. The molecule has 0 unspecified atom stereocenters. The van der Waals surface area contributed by atoms with E-state index in [1.807, 2.05) is 0 Å². The summed E-state index contributed by atoms with van der Waals surface area (Å²) >= 11 is 0. The Morgan fingerprint density at radius 2 is 1.83 bits per heavy atom. The summed E-state index contributed by atoms with van der Waals surface area (Å²) < 4.78 is 21.8. The maximum atomic E-state index is 11.7. The average molecular weight is 269 g/mol. The highest BCUT2D eigenvalue weighted by Gasteiger charge is 2.45. The van der Waals surface area contributed by atoms with Crippen LogP contribution in [-0.2, 0) is 20.6 Å². The van der Waals surface area contributed by atoms with Crippen LogP contribution in [0.4, 0.5) is 5.69 Å². The van der Waals surface area contributed by atoms with Crippen LogP contribution >= 0.6 is 0 Å². The van der Waals surface area contributed by atoms with Crippen molar-refractivity contribution in [2.24, 2.45) is 10.9 Å². The highest BCUT2D eigenvalue weighted by Crippen LogP contribution is 2.33. The number of anilines is 1. The molecule has 5 N–H and O–H groups in total. The molecule has 2 rings (SSSR count). The van der Waals surface area contributed by atoms with Crippen LogP contribution in [0.2, 0.25) is 0 Å². The van der Waals surface area contributed by atoms with Gasteiger partial charge in [-0.05, 0) is 30.5 Å². The highest BCUT2D eigenvalue weighted by molar-refractivity contribution is 7.88. The molecule has 0 aromatic heterocycles. The molecular weight excluding hydrogens is 254 g/mol. The molecule has 0 heterocycles. The van der Waals surface area contributed by atoms with Crippen molar-refractivity contribution in [3.05, 3.63) is 29.8 Å². The minimum Gasteiger partial charge on any atom is -0.324 e. The molecule has 0 radical (unpaired) electrons. The first-order chi connectivity index (χ1) is 8.28. The number of amides is 1. The number of rotatable bonds is 4. The van der Waals surface area contributed by atoms with Gasteiger partial charge in [0.15, 0.2) is 0 Å². The number of nitrogens with two attached hydrogens (primary N) is 2. The third-order valence-electron chi connectivity index (χ3n) is 2.82. The summed E-state index contributed by atoms with van der Waals surface area (Å²) in [6, 6.07) is 6.47. The van der Waals surface area contributed by atoms with Crippen LogP contribution in [0.25, 0.3) is 0 Å². The van der Waals surface area contributed by atoms with E-state index in [4.69, 9.17) is 10.9 Å². The molecule has 1 aromatic carbocycles. The Labute approximate surface area is 105 Å². The van der Waals surface area contributed by atoms with Crippen LogP contribution in [-0.4, -0.2) is 19.9 Å². The molecule has 0 saturated heterocycles. The summed E-state index contributed by atoms with van der Waals surface area (Å²) in [5.41, 5.74) is 6.19. The lowest BCUT2D eigenvalue weighted by molar-refractivity contribution is -0.118. The Morgan fingerprint density at radius 3 is 2.28 bits per heavy atom. The molecule has 7 heteroatoms. The van der Waals surface area contributed by atoms with Gasteiger partial charge in [-0.15, -0.1) is 0 Å². The van der Waals surface area contributed by atoms with Crippen molar-refractivity contribution in [3.63, 3.8) is 0 Å². The summed E-state index contributed by atoms with van der Waals surface area (Å²) in [4.78, 5) is 11.7. The Balaban J connectivity index is 2.02. The summed E-state index contributed by atoms with van der Waals surface area (Å²) in [6.07, 6.45) is 1.39. The van der Waals surface area contributed by atoms with Crippen LogP contribution in [0.1, 0.15) is 18.4 Å². The number of sulfonamides is 1. The smallest absolute Gasteiger partial charge is 0.244 e. The minimum atomic E-state index is -3.53. The fourth-order valence-electron chi connectivity index (χ4n) is 1.53. The van der Waals surface area contributed by atoms with Crippen LogP contribution in [0.3, 0.4) is 0 Å². The number of hydrogen-bond acceptors (Lipinski definition) is 4. The van der Waals surface area contributed by atoms with E-state index in [9.17, 15) is 13.2 Å². The molecule has 18 heavy (non-hydrogen) atoms. The van der Waals surface area contributed by atoms with Crippen molar-refractivity contribution in [3.8, 4) is 0 Å². The molecule has 1 saturated carbocycles. The van der Waals surface area contributed by atoms with Gasteiger partial charge in [0, 0.05) is 5.69 Å². The van der Waals surface area contributed by atoms with E-state index in [1.165, 1.54) is 0 Å². The van der Waals surface area contributed by atoms with Crippen molar-refractivity contribution in [2.75, 3.05) is 5.32 Å². The first kappa shape index (κ1) is 13.0. The molecule has 1 aliphatic carbocycles. The van der Waals surface area contributed by atoms with Gasteiger partial charge in [-0.3, -0.25) is 4.79 Å². The maximum absolute atomic E-state index is 11.7. The molecule has 0 spiro atoms. The third kappa shape index (κ3) is 3.28. The van der Waals surface area contributed by atoms with Crippen LogP contribution < -0.4 is 16.2 Å². The van der Waals surface area contributed by atoms with E-state index >= 15 is 0 Å². The van der Waals surface area contributed by atoms with Crippen molar-refractivity contribution >= 4 is 21.6 Å². The van der Waals surface area contributed by atoms with E-state index in [-0.39, 0.29) is 11.7 Å². The van der Waals surface area contributed by atoms with E-state index in [2.05, 4.69) is 5.32 Å². The summed E-state index contributed by atoms with van der Waals surface area (Å²) in [6.45, 7) is 0. The van der Waals surface area contributed by atoms with Gasteiger partial charge in [-0.25, -0.2) is 13.6 Å². The predicted octanol–water partition coefficient (Wildman–Crippen LogP) is -0.0951. The van der Waals surface area contributed by atoms with Gasteiger partial charge < -0.3 is 11.1 Å². The minimum absolute atomic E-state index is 0.207. The molecule has 6 nitrogen and oxygen atoms in total. The fraction of sp³-hybridized carbons (Fsp3) is 0.364. The second kappa shape index (κ2) is 4.34. The van der Waals surface area contributed by atoms with Crippen molar-refractivity contribution in [1.29, 1.82) is 0 Å². The quantitative estimate of drug-likeness (QED) is 0.708. The van der Waals surface area contributed by atoms with E-state index in [0.717, 1.165) is 0 Å². The molecule has 98 valence electrons. The number of primary sulfonamides is 1. The van der Waals surface area contributed by atoms with Crippen molar-refractivity contribution in [1.82, 2.24) is 0 Å². The summed E-state index contributed by atoms with van der Waals surface area (Å²) in [5.74, 6) is -0.427. The van der Waals surface area contributed by atoms with Crippen molar-refractivity contribution < 1.29 is 13.2 Å². The van der Waals surface area contributed by atoms with Crippen molar-refractivity contribution in [2.45, 2.75) is 24.1 Å². The number of carbonyl (C=O) groups excluding carboxylic acids is 1. The van der Waals surface area contributed by atoms with E-state index in [1.54, 1.807) is 24.3 Å². The van der Waals surface area contributed by atoms with Crippen LogP contribution in [0.5, 0.6) is 0 Å². The second-order valence-corrected chi connectivity index (χ2v) is 6.23. The van der Waals surface area contributed by atoms with Gasteiger partial charge in [-0.1, -0.05) is 12.1 Å². The molecule has 1 aromatic rings. The van der Waals surface area contributed by atoms with Crippen LogP contribution in [0, 0.1) is 0 Å². The molecule has 0 aliphatic heterocycles. The molecular formula is C11H15N3O3S.